The molecule has 0 atom stereocenters. The number of nitrogen functional groups attached to an aromatic ring is 1. The Kier molecular flexibility index (Phi) is 2.60. The fourth-order valence-electron chi connectivity index (χ4n) is 1.66. The Morgan fingerprint density at radius 2 is 1.81 bits per heavy atom. The van der Waals surface area contributed by atoms with Crippen LogP contribution in [0.2, 0.25) is 0 Å². The lowest BCUT2D eigenvalue weighted by atomic mass is 10.0. The molecule has 2 aromatic rings. The van der Waals surface area contributed by atoms with Gasteiger partial charge in [-0.25, -0.2) is 4.79 Å². The van der Waals surface area contributed by atoms with Crippen molar-refractivity contribution in [3.05, 3.63) is 48.0 Å². The maximum absolute atomic E-state index is 10.5. The van der Waals surface area contributed by atoms with Gasteiger partial charge in [0.25, 0.3) is 0 Å². The number of hydrogen-bond donors (Lipinski definition) is 2. The Labute approximate surface area is 92.8 Å². The molecule has 3 nitrogen and oxygen atoms in total. The maximum atomic E-state index is 10.5. The second-order valence-corrected chi connectivity index (χ2v) is 3.46. The summed E-state index contributed by atoms with van der Waals surface area (Å²) in [6.45, 7) is 0. The van der Waals surface area contributed by atoms with Gasteiger partial charge in [-0.2, -0.15) is 0 Å². The average molecular weight is 213 g/mol. The van der Waals surface area contributed by atoms with E-state index in [9.17, 15) is 4.79 Å². The summed E-state index contributed by atoms with van der Waals surface area (Å²) < 4.78 is 0. The smallest absolute Gasteiger partial charge is 0.328 e. The zero-order valence-electron chi connectivity index (χ0n) is 8.55. The van der Waals surface area contributed by atoms with Crippen LogP contribution in [-0.4, -0.2) is 11.1 Å². The largest absolute Gasteiger partial charge is 0.478 e. The summed E-state index contributed by atoms with van der Waals surface area (Å²) in [6, 6.07) is 11.3. The second kappa shape index (κ2) is 4.06. The summed E-state index contributed by atoms with van der Waals surface area (Å²) in [5.74, 6) is -0.957. The van der Waals surface area contributed by atoms with Crippen molar-refractivity contribution < 1.29 is 9.90 Å². The van der Waals surface area contributed by atoms with E-state index in [1.54, 1.807) is 6.08 Å². The molecule has 2 rings (SSSR count). The molecule has 80 valence electrons. The molecule has 2 aromatic carbocycles. The van der Waals surface area contributed by atoms with Gasteiger partial charge in [-0.15, -0.1) is 0 Å². The molecule has 0 saturated heterocycles. The van der Waals surface area contributed by atoms with Crippen LogP contribution >= 0.6 is 0 Å². The fourth-order valence-corrected chi connectivity index (χ4v) is 1.66. The van der Waals surface area contributed by atoms with Crippen molar-refractivity contribution in [2.24, 2.45) is 0 Å². The molecule has 0 aromatic heterocycles. The van der Waals surface area contributed by atoms with Crippen molar-refractivity contribution in [1.29, 1.82) is 0 Å². The number of carbonyl (C=O) groups is 1. The van der Waals surface area contributed by atoms with Gasteiger partial charge >= 0.3 is 5.97 Å². The van der Waals surface area contributed by atoms with Crippen molar-refractivity contribution in [3.8, 4) is 0 Å². The zero-order valence-corrected chi connectivity index (χ0v) is 8.55. The fraction of sp³-hybridized carbons (Fsp3) is 0. The minimum atomic E-state index is -0.957. The minimum absolute atomic E-state index is 0.697. The lowest BCUT2D eigenvalue weighted by Gasteiger charge is -2.04. The van der Waals surface area contributed by atoms with Crippen molar-refractivity contribution in [1.82, 2.24) is 0 Å². The highest BCUT2D eigenvalue weighted by molar-refractivity contribution is 5.99. The molecular weight excluding hydrogens is 202 g/mol. The van der Waals surface area contributed by atoms with E-state index in [0.29, 0.717) is 5.69 Å². The summed E-state index contributed by atoms with van der Waals surface area (Å²) in [4.78, 5) is 10.5. The molecule has 0 saturated carbocycles. The standard InChI is InChI=1S/C13H11NO2/c14-12-6-2-4-10-9(7-8-13(15)16)3-1-5-11(10)12/h1-8H,14H2,(H,15,16). The Morgan fingerprint density at radius 1 is 1.12 bits per heavy atom. The predicted octanol–water partition coefficient (Wildman–Crippen LogP) is 2.52. The average Bonchev–Trinajstić information content (AvgIpc) is 2.27. The van der Waals surface area contributed by atoms with E-state index in [1.165, 1.54) is 0 Å². The summed E-state index contributed by atoms with van der Waals surface area (Å²) in [7, 11) is 0. The molecule has 0 amide bonds. The Hall–Kier alpha value is -2.29. The third-order valence-electron chi connectivity index (χ3n) is 2.39. The van der Waals surface area contributed by atoms with Crippen LogP contribution in [0, 0.1) is 0 Å². The zero-order chi connectivity index (χ0) is 11.5. The van der Waals surface area contributed by atoms with E-state index < -0.39 is 5.97 Å². The van der Waals surface area contributed by atoms with Crippen molar-refractivity contribution in [2.75, 3.05) is 5.73 Å². The quantitative estimate of drug-likeness (QED) is 0.595. The van der Waals surface area contributed by atoms with Crippen molar-refractivity contribution in [2.45, 2.75) is 0 Å². The number of benzene rings is 2. The van der Waals surface area contributed by atoms with Gasteiger partial charge in [-0.1, -0.05) is 30.3 Å². The summed E-state index contributed by atoms with van der Waals surface area (Å²) in [5, 5.41) is 10.5. The van der Waals surface area contributed by atoms with Gasteiger partial charge in [0.05, 0.1) is 0 Å². The van der Waals surface area contributed by atoms with Gasteiger partial charge < -0.3 is 10.8 Å². The SMILES string of the molecule is Nc1cccc2c(C=CC(=O)O)cccc12. The Bertz CT molecular complexity index is 573. The van der Waals surface area contributed by atoms with E-state index in [2.05, 4.69) is 0 Å². The lowest BCUT2D eigenvalue weighted by Crippen LogP contribution is -1.89. The van der Waals surface area contributed by atoms with Gasteiger partial charge in [-0.05, 0) is 23.1 Å². The number of hydrogen-bond acceptors (Lipinski definition) is 2. The predicted molar refractivity (Wildman–Crippen MR) is 65.0 cm³/mol. The number of carboxylic acids is 1. The maximum Gasteiger partial charge on any atom is 0.328 e. The molecule has 0 bridgehead atoms. The topological polar surface area (TPSA) is 63.3 Å². The summed E-state index contributed by atoms with van der Waals surface area (Å²) in [5.41, 5.74) is 7.39. The van der Waals surface area contributed by atoms with Gasteiger partial charge in [-0.3, -0.25) is 0 Å². The van der Waals surface area contributed by atoms with Crippen LogP contribution in [0.5, 0.6) is 0 Å². The van der Waals surface area contributed by atoms with Crippen LogP contribution in [0.25, 0.3) is 16.8 Å². The molecule has 0 radical (unpaired) electrons. The van der Waals surface area contributed by atoms with E-state index >= 15 is 0 Å². The van der Waals surface area contributed by atoms with Gasteiger partial charge in [0.2, 0.25) is 0 Å². The number of carboxylic acid groups (broad SMARTS) is 1. The summed E-state index contributed by atoms with van der Waals surface area (Å²) in [6.07, 6.45) is 2.70. The van der Waals surface area contributed by atoms with Crippen molar-refractivity contribution in [3.63, 3.8) is 0 Å². The van der Waals surface area contributed by atoms with Crippen LogP contribution in [-0.2, 0) is 4.79 Å². The van der Waals surface area contributed by atoms with Gasteiger partial charge in [0, 0.05) is 17.1 Å². The molecule has 0 aliphatic heterocycles. The molecule has 3 N–H and O–H groups in total. The number of aliphatic carboxylic acids is 1. The van der Waals surface area contributed by atoms with E-state index in [4.69, 9.17) is 10.8 Å². The first-order chi connectivity index (χ1) is 7.68. The van der Waals surface area contributed by atoms with E-state index in [-0.39, 0.29) is 0 Å². The number of rotatable bonds is 2. The first-order valence-electron chi connectivity index (χ1n) is 4.87. The molecular formula is C13H11NO2. The number of nitrogens with two attached hydrogens (primary N) is 1. The molecule has 0 fully saturated rings. The van der Waals surface area contributed by atoms with E-state index in [1.807, 2.05) is 36.4 Å². The highest BCUT2D eigenvalue weighted by atomic mass is 16.4. The second-order valence-electron chi connectivity index (χ2n) is 3.46. The van der Waals surface area contributed by atoms with Crippen LogP contribution in [0.3, 0.4) is 0 Å². The minimum Gasteiger partial charge on any atom is -0.478 e. The van der Waals surface area contributed by atoms with Crippen LogP contribution in [0.1, 0.15) is 5.56 Å². The van der Waals surface area contributed by atoms with Crippen LogP contribution in [0.15, 0.2) is 42.5 Å². The lowest BCUT2D eigenvalue weighted by molar-refractivity contribution is -0.131. The third-order valence-corrected chi connectivity index (χ3v) is 2.39. The molecule has 3 heteroatoms. The molecule has 0 unspecified atom stereocenters. The normalized spacial score (nSPS) is 11.0. The van der Waals surface area contributed by atoms with Crippen molar-refractivity contribution >= 4 is 28.5 Å². The first kappa shape index (κ1) is 10.2. The highest BCUT2D eigenvalue weighted by Crippen LogP contribution is 2.24. The third kappa shape index (κ3) is 1.88. The molecule has 16 heavy (non-hydrogen) atoms. The molecule has 0 aliphatic carbocycles. The molecule has 0 heterocycles. The Morgan fingerprint density at radius 3 is 2.56 bits per heavy atom. The Balaban J connectivity index is 2.63. The number of fused-ring (bicyclic) bond motifs is 1. The van der Waals surface area contributed by atoms with Gasteiger partial charge in [0.1, 0.15) is 0 Å². The molecule has 0 spiro atoms. The monoisotopic (exact) mass is 213 g/mol. The van der Waals surface area contributed by atoms with Crippen LogP contribution < -0.4 is 5.73 Å². The molecule has 0 aliphatic rings. The van der Waals surface area contributed by atoms with Crippen LogP contribution in [0.4, 0.5) is 5.69 Å². The van der Waals surface area contributed by atoms with E-state index in [0.717, 1.165) is 22.4 Å². The first-order valence-corrected chi connectivity index (χ1v) is 4.87. The highest BCUT2D eigenvalue weighted by Gasteiger charge is 2.00. The van der Waals surface area contributed by atoms with Gasteiger partial charge in [0.15, 0.2) is 0 Å². The number of anilines is 1. The summed E-state index contributed by atoms with van der Waals surface area (Å²) >= 11 is 0.